The monoisotopic (exact) mass is 172 g/mol. The highest BCUT2D eigenvalue weighted by molar-refractivity contribution is 5.79. The molecule has 0 aromatic carbocycles. The van der Waals surface area contributed by atoms with Crippen LogP contribution in [-0.2, 0) is 9.63 Å². The first-order valence-corrected chi connectivity index (χ1v) is 4.41. The van der Waals surface area contributed by atoms with Gasteiger partial charge in [-0.15, -0.1) is 0 Å². The molecule has 0 aromatic rings. The van der Waals surface area contributed by atoms with Gasteiger partial charge in [-0.2, -0.15) is 0 Å². The third-order valence-corrected chi connectivity index (χ3v) is 2.04. The van der Waals surface area contributed by atoms with Crippen LogP contribution in [0.3, 0.4) is 0 Å². The summed E-state index contributed by atoms with van der Waals surface area (Å²) >= 11 is 0. The van der Waals surface area contributed by atoms with Crippen LogP contribution >= 0.6 is 0 Å². The Labute approximate surface area is 72.4 Å². The molecule has 0 spiro atoms. The molecule has 70 valence electrons. The topological polar surface area (TPSA) is 64.4 Å². The van der Waals surface area contributed by atoms with Crippen molar-refractivity contribution in [2.75, 3.05) is 0 Å². The maximum Gasteiger partial charge on any atom is 0.260 e. The molecule has 4 nitrogen and oxygen atoms in total. The molecule has 0 aromatic heterocycles. The van der Waals surface area contributed by atoms with E-state index in [0.717, 1.165) is 12.8 Å². The van der Waals surface area contributed by atoms with Crippen molar-refractivity contribution in [1.82, 2.24) is 5.48 Å². The van der Waals surface area contributed by atoms with Crippen LogP contribution in [0.5, 0.6) is 0 Å². The molecule has 1 amide bonds. The molecule has 0 saturated heterocycles. The summed E-state index contributed by atoms with van der Waals surface area (Å²) in [4.78, 5) is 16.1. The molecular formula is C8H16N2O2. The molecule has 0 unspecified atom stereocenters. The SMILES string of the molecule is C[C@H](N)C(=O)NOC1CCCC1. The smallest absolute Gasteiger partial charge is 0.260 e. The van der Waals surface area contributed by atoms with Gasteiger partial charge in [-0.3, -0.25) is 9.63 Å². The van der Waals surface area contributed by atoms with Gasteiger partial charge in [-0.05, 0) is 19.8 Å². The number of hydrogen-bond donors (Lipinski definition) is 2. The Morgan fingerprint density at radius 3 is 2.67 bits per heavy atom. The van der Waals surface area contributed by atoms with Crippen LogP contribution in [0, 0.1) is 0 Å². The zero-order valence-corrected chi connectivity index (χ0v) is 7.38. The summed E-state index contributed by atoms with van der Waals surface area (Å²) in [5.41, 5.74) is 7.69. The zero-order chi connectivity index (χ0) is 8.97. The lowest BCUT2D eigenvalue weighted by Crippen LogP contribution is -2.39. The van der Waals surface area contributed by atoms with Crippen LogP contribution in [0.4, 0.5) is 0 Å². The van der Waals surface area contributed by atoms with E-state index in [1.807, 2.05) is 0 Å². The van der Waals surface area contributed by atoms with Gasteiger partial charge in [0.05, 0.1) is 12.1 Å². The normalized spacial score (nSPS) is 20.8. The van der Waals surface area contributed by atoms with Crippen LogP contribution in [0.25, 0.3) is 0 Å². The van der Waals surface area contributed by atoms with Crippen LogP contribution in [-0.4, -0.2) is 18.1 Å². The molecule has 0 aliphatic heterocycles. The first-order valence-electron chi connectivity index (χ1n) is 4.41. The van der Waals surface area contributed by atoms with Crippen molar-refractivity contribution in [3.63, 3.8) is 0 Å². The summed E-state index contributed by atoms with van der Waals surface area (Å²) in [7, 11) is 0. The summed E-state index contributed by atoms with van der Waals surface area (Å²) in [6.45, 7) is 1.63. The number of rotatable bonds is 3. The van der Waals surface area contributed by atoms with Crippen LogP contribution in [0.2, 0.25) is 0 Å². The highest BCUT2D eigenvalue weighted by atomic mass is 16.7. The van der Waals surface area contributed by atoms with Crippen molar-refractivity contribution in [3.8, 4) is 0 Å². The van der Waals surface area contributed by atoms with Crippen molar-refractivity contribution in [1.29, 1.82) is 0 Å². The minimum atomic E-state index is -0.494. The van der Waals surface area contributed by atoms with E-state index < -0.39 is 6.04 Å². The highest BCUT2D eigenvalue weighted by Gasteiger charge is 2.17. The number of nitrogens with one attached hydrogen (secondary N) is 1. The first kappa shape index (κ1) is 9.48. The third kappa shape index (κ3) is 2.79. The Morgan fingerprint density at radius 2 is 2.17 bits per heavy atom. The molecule has 1 aliphatic carbocycles. The predicted molar refractivity (Wildman–Crippen MR) is 45.1 cm³/mol. The zero-order valence-electron chi connectivity index (χ0n) is 7.38. The molecule has 0 bridgehead atoms. The Hall–Kier alpha value is -0.610. The van der Waals surface area contributed by atoms with Crippen molar-refractivity contribution in [2.45, 2.75) is 44.8 Å². The van der Waals surface area contributed by atoms with Gasteiger partial charge < -0.3 is 5.73 Å². The lowest BCUT2D eigenvalue weighted by atomic mass is 10.3. The number of nitrogens with two attached hydrogens (primary N) is 1. The molecule has 1 saturated carbocycles. The third-order valence-electron chi connectivity index (χ3n) is 2.04. The molecule has 1 rings (SSSR count). The average molecular weight is 172 g/mol. The van der Waals surface area contributed by atoms with Crippen LogP contribution in [0.1, 0.15) is 32.6 Å². The molecule has 12 heavy (non-hydrogen) atoms. The number of hydrogen-bond acceptors (Lipinski definition) is 3. The largest absolute Gasteiger partial charge is 0.320 e. The van der Waals surface area contributed by atoms with Gasteiger partial charge in [0.15, 0.2) is 0 Å². The maximum absolute atomic E-state index is 10.9. The second kappa shape index (κ2) is 4.42. The number of carbonyl (C=O) groups is 1. The molecule has 1 fully saturated rings. The van der Waals surface area contributed by atoms with E-state index in [4.69, 9.17) is 10.6 Å². The number of hydroxylamine groups is 1. The van der Waals surface area contributed by atoms with E-state index in [1.54, 1.807) is 6.92 Å². The fraction of sp³-hybridized carbons (Fsp3) is 0.875. The molecule has 0 heterocycles. The lowest BCUT2D eigenvalue weighted by molar-refractivity contribution is -0.139. The highest BCUT2D eigenvalue weighted by Crippen LogP contribution is 2.19. The second-order valence-corrected chi connectivity index (χ2v) is 3.28. The summed E-state index contributed by atoms with van der Waals surface area (Å²) in [5, 5.41) is 0. The summed E-state index contributed by atoms with van der Waals surface area (Å²) in [5.74, 6) is -0.248. The van der Waals surface area contributed by atoms with E-state index in [2.05, 4.69) is 5.48 Å². The fourth-order valence-corrected chi connectivity index (χ4v) is 1.24. The fourth-order valence-electron chi connectivity index (χ4n) is 1.24. The quantitative estimate of drug-likeness (QED) is 0.603. The minimum absolute atomic E-state index is 0.202. The second-order valence-electron chi connectivity index (χ2n) is 3.28. The van der Waals surface area contributed by atoms with Crippen molar-refractivity contribution >= 4 is 5.91 Å². The molecule has 4 heteroatoms. The van der Waals surface area contributed by atoms with Gasteiger partial charge in [0.1, 0.15) is 0 Å². The summed E-state index contributed by atoms with van der Waals surface area (Å²) in [6.07, 6.45) is 4.67. The number of carbonyl (C=O) groups excluding carboxylic acids is 1. The van der Waals surface area contributed by atoms with Gasteiger partial charge >= 0.3 is 0 Å². The van der Waals surface area contributed by atoms with Gasteiger partial charge in [-0.1, -0.05) is 12.8 Å². The minimum Gasteiger partial charge on any atom is -0.320 e. The van der Waals surface area contributed by atoms with Crippen molar-refractivity contribution < 1.29 is 9.63 Å². The van der Waals surface area contributed by atoms with E-state index >= 15 is 0 Å². The molecule has 1 atom stereocenters. The van der Waals surface area contributed by atoms with Crippen molar-refractivity contribution in [2.24, 2.45) is 5.73 Å². The van der Waals surface area contributed by atoms with Gasteiger partial charge in [0.2, 0.25) is 0 Å². The van der Waals surface area contributed by atoms with E-state index in [0.29, 0.717) is 0 Å². The molecular weight excluding hydrogens is 156 g/mol. The number of amides is 1. The van der Waals surface area contributed by atoms with E-state index in [9.17, 15) is 4.79 Å². The standard InChI is InChI=1S/C8H16N2O2/c1-6(9)8(11)10-12-7-4-2-3-5-7/h6-7H,2-5,9H2,1H3,(H,10,11)/t6-/m0/s1. The van der Waals surface area contributed by atoms with Gasteiger partial charge in [0, 0.05) is 0 Å². The average Bonchev–Trinajstić information content (AvgIpc) is 2.51. The maximum atomic E-state index is 10.9. The van der Waals surface area contributed by atoms with Crippen molar-refractivity contribution in [3.05, 3.63) is 0 Å². The lowest BCUT2D eigenvalue weighted by Gasteiger charge is -2.12. The molecule has 3 N–H and O–H groups in total. The van der Waals surface area contributed by atoms with Crippen LogP contribution < -0.4 is 11.2 Å². The van der Waals surface area contributed by atoms with E-state index in [-0.39, 0.29) is 12.0 Å². The Balaban J connectivity index is 2.12. The van der Waals surface area contributed by atoms with Gasteiger partial charge in [0.25, 0.3) is 5.91 Å². The molecule has 1 aliphatic rings. The Bertz CT molecular complexity index is 153. The Kier molecular flexibility index (Phi) is 3.49. The van der Waals surface area contributed by atoms with E-state index in [1.165, 1.54) is 12.8 Å². The predicted octanol–water partition coefficient (Wildman–Crippen LogP) is 0.324. The van der Waals surface area contributed by atoms with Gasteiger partial charge in [-0.25, -0.2) is 5.48 Å². The summed E-state index contributed by atoms with van der Waals surface area (Å²) < 4.78 is 0. The molecule has 0 radical (unpaired) electrons. The summed E-state index contributed by atoms with van der Waals surface area (Å²) in [6, 6.07) is -0.494. The van der Waals surface area contributed by atoms with Crippen LogP contribution in [0.15, 0.2) is 0 Å². The first-order chi connectivity index (χ1) is 5.70. The Morgan fingerprint density at radius 1 is 1.58 bits per heavy atom.